The van der Waals surface area contributed by atoms with Crippen molar-refractivity contribution in [3.05, 3.63) is 391 Å². The summed E-state index contributed by atoms with van der Waals surface area (Å²) in [6.45, 7) is 0. The van der Waals surface area contributed by atoms with Crippen LogP contribution in [-0.4, -0.2) is 45.7 Å². The SMILES string of the molecule is Brc1ccc2c(c1)c1c3ccccc3oc1n2-c1ccccc1.CI.CI.CI.Clc1ccc(-c2ccc3c(c2)c2c4ccccc4oc2n3-c2ccccc2)cc1.Nc1cccc2c1oc1ccccc12.OB(O)c1ccc(Cl)cc1.c1ccc(-n2c3ccc(-c4ccc(Nc5cccc6c5oc5ccccc56)cc4)cc3c3c4ccccc4oc32)cc1. The summed E-state index contributed by atoms with van der Waals surface area (Å²) in [5.74, 6) is 0. The molecule has 0 unspecified atom stereocenters. The lowest BCUT2D eigenvalue weighted by atomic mass is 9.81. The summed E-state index contributed by atoms with van der Waals surface area (Å²) < 4.78 is 38.5. The molecule has 16 aromatic carbocycles. The normalized spacial score (nSPS) is 11.1. The van der Waals surface area contributed by atoms with Gasteiger partial charge in [-0.3, -0.25) is 13.7 Å². The van der Waals surface area contributed by atoms with Gasteiger partial charge in [0.05, 0.1) is 44.1 Å². The van der Waals surface area contributed by atoms with E-state index in [1.807, 2.05) is 142 Å². The predicted octanol–water partition coefficient (Wildman–Crippen LogP) is 31.3. The average molecular weight is 2060 g/mol. The van der Waals surface area contributed by atoms with E-state index >= 15 is 0 Å². The summed E-state index contributed by atoms with van der Waals surface area (Å²) in [7, 11) is -1.41. The van der Waals surface area contributed by atoms with Crippen molar-refractivity contribution in [1.29, 1.82) is 0 Å². The molecule has 24 aromatic rings. The Morgan fingerprint density at radius 1 is 0.306 bits per heavy atom. The second kappa shape index (κ2) is 38.0. The molecule has 0 aliphatic rings. The lowest BCUT2D eigenvalue weighted by molar-refractivity contribution is 0.426. The largest absolute Gasteiger partial charge is 0.488 e. The molecule has 0 bridgehead atoms. The van der Waals surface area contributed by atoms with Crippen molar-refractivity contribution >= 4 is 279 Å². The number of hydrogen-bond acceptors (Lipinski definition) is 9. The summed E-state index contributed by atoms with van der Waals surface area (Å²) in [4.78, 5) is 5.91. The van der Waals surface area contributed by atoms with Gasteiger partial charge in [-0.15, -0.1) is 0 Å². The van der Waals surface area contributed by atoms with Crippen molar-refractivity contribution in [3.8, 4) is 39.3 Å². The highest BCUT2D eigenvalue weighted by molar-refractivity contribution is 14.1. The maximum atomic E-state index is 8.63. The van der Waals surface area contributed by atoms with Crippen molar-refractivity contribution < 1.29 is 32.1 Å². The van der Waals surface area contributed by atoms with Crippen LogP contribution in [0.1, 0.15) is 0 Å². The Kier molecular flexibility index (Phi) is 25.8. The number of nitrogens with one attached hydrogen (secondary N) is 1. The molecular weight excluding hydrogens is 1990 g/mol. The molecule has 0 saturated carbocycles. The summed E-state index contributed by atoms with van der Waals surface area (Å²) >= 11 is 21.7. The molecule has 0 radical (unpaired) electrons. The molecule has 0 aliphatic carbocycles. The zero-order valence-electron chi connectivity index (χ0n) is 67.0. The number of hydrogen-bond donors (Lipinski definition) is 4. The highest BCUT2D eigenvalue weighted by atomic mass is 127. The summed E-state index contributed by atoms with van der Waals surface area (Å²) in [6, 6.07) is 127. The van der Waals surface area contributed by atoms with Crippen molar-refractivity contribution in [2.75, 3.05) is 25.8 Å². The number of benzene rings is 16. The van der Waals surface area contributed by atoms with E-state index in [-0.39, 0.29) is 0 Å². The van der Waals surface area contributed by atoms with E-state index in [1.54, 1.807) is 24.3 Å². The Morgan fingerprint density at radius 2 is 0.629 bits per heavy atom. The maximum absolute atomic E-state index is 8.63. The maximum Gasteiger partial charge on any atom is 0.488 e. The van der Waals surface area contributed by atoms with Crippen LogP contribution in [0.5, 0.6) is 0 Å². The molecule has 0 atom stereocenters. The molecule has 12 nitrogen and oxygen atoms in total. The fourth-order valence-corrected chi connectivity index (χ4v) is 16.7. The van der Waals surface area contributed by atoms with E-state index < -0.39 is 7.12 Å². The smallest absolute Gasteiger partial charge is 0.454 e. The number of rotatable bonds is 8. The highest BCUT2D eigenvalue weighted by Gasteiger charge is 2.24. The Hall–Kier alpha value is -12.0. The number of halogens is 6. The molecule has 8 aromatic heterocycles. The third-order valence-corrected chi connectivity index (χ3v) is 22.5. The topological polar surface area (TPSA) is 159 Å². The molecule has 0 saturated heterocycles. The first-order valence-corrected chi connectivity index (χ1v) is 47.7. The predicted molar refractivity (Wildman–Crippen MR) is 551 cm³/mol. The van der Waals surface area contributed by atoms with Gasteiger partial charge in [0.2, 0.25) is 17.1 Å². The number of furan rings is 5. The Bertz CT molecular complexity index is 7890. The van der Waals surface area contributed by atoms with Crippen molar-refractivity contribution in [2.24, 2.45) is 0 Å². The van der Waals surface area contributed by atoms with Crippen LogP contribution in [0.25, 0.3) is 182 Å². The van der Waals surface area contributed by atoms with Crippen LogP contribution in [0.15, 0.2) is 403 Å². The summed E-state index contributed by atoms with van der Waals surface area (Å²) in [5, 5.41) is 37.0. The minimum absolute atomic E-state index is 0.449. The van der Waals surface area contributed by atoms with Gasteiger partial charge in [-0.05, 0) is 200 Å². The van der Waals surface area contributed by atoms with Gasteiger partial charge >= 0.3 is 7.12 Å². The number of para-hydroxylation sites is 10. The lowest BCUT2D eigenvalue weighted by Crippen LogP contribution is -2.29. The van der Waals surface area contributed by atoms with Crippen LogP contribution < -0.4 is 16.5 Å². The third-order valence-electron chi connectivity index (χ3n) is 21.5. The minimum Gasteiger partial charge on any atom is -0.454 e. The van der Waals surface area contributed by atoms with Crippen LogP contribution in [0.2, 0.25) is 10.0 Å². The molecule has 0 spiro atoms. The minimum atomic E-state index is -1.41. The molecule has 5 N–H and O–H groups in total. The Balaban J connectivity index is 0.000000116. The summed E-state index contributed by atoms with van der Waals surface area (Å²) in [6.07, 6.45) is 0. The van der Waals surface area contributed by atoms with Crippen LogP contribution in [0.4, 0.5) is 17.1 Å². The number of alkyl halides is 3. The van der Waals surface area contributed by atoms with Crippen LogP contribution in [0.3, 0.4) is 0 Å². The number of nitrogens with zero attached hydrogens (tertiary/aromatic N) is 3. The van der Waals surface area contributed by atoms with Gasteiger partial charge in [0.15, 0.2) is 11.2 Å². The zero-order chi connectivity index (χ0) is 85.5. The van der Waals surface area contributed by atoms with Gasteiger partial charge in [0.1, 0.15) is 27.9 Å². The zero-order valence-corrected chi connectivity index (χ0v) is 76.6. The third kappa shape index (κ3) is 16.7. The monoisotopic (exact) mass is 2060 g/mol. The van der Waals surface area contributed by atoms with Gasteiger partial charge in [-0.25, -0.2) is 0 Å². The van der Waals surface area contributed by atoms with E-state index in [0.717, 1.165) is 181 Å². The first-order chi connectivity index (χ1) is 61.0. The second-order valence-corrected chi connectivity index (χ2v) is 30.5. The van der Waals surface area contributed by atoms with E-state index in [1.165, 1.54) is 21.5 Å². The molecule has 8 heterocycles. The first kappa shape index (κ1) is 84.2. The molecular formula is C105H76BBrCl2I3N5O7. The van der Waals surface area contributed by atoms with Gasteiger partial charge in [-0.1, -0.05) is 325 Å². The quantitative estimate of drug-likeness (QED) is 0.0503. The lowest BCUT2D eigenvalue weighted by Gasteiger charge is -2.09. The Morgan fingerprint density at radius 3 is 1.05 bits per heavy atom. The Labute approximate surface area is 773 Å². The van der Waals surface area contributed by atoms with E-state index in [2.05, 4.69) is 327 Å². The highest BCUT2D eigenvalue weighted by Crippen LogP contribution is 2.45. The molecule has 0 aliphatic heterocycles. The first-order valence-electron chi connectivity index (χ1n) is 39.6. The standard InChI is InChI=1S/C38H24N2O2.C26H16ClNO.C20H12BrNO.C12H9NO.C6H6BClO2.3CH3I/c1-2-9-27(10-3-1)40-33-22-19-25(23-31(33)36-30-12-5-7-16-35(30)42-38(36)40)24-17-20-26(21-18-24)39-32-14-8-13-29-28-11-4-6-15-34(28)41-37(29)32;27-19-13-10-17(11-14-19)18-12-15-23-22(16-18)25-21-8-4-5-9-24(21)29-26(25)28(23)20-6-2-1-3-7-20;21-13-10-11-17-16(12-13)19-15-8-4-5-9-18(15)23-20(19)22(17)14-6-2-1-3-7-14;13-10-6-3-5-9-8-4-1-2-7-11(8)14-12(9)10;8-6-3-1-5(2-4-6)7(9)10;3*1-2/h1-23,39H;1-16H;1-12H;1-7H,13H2;1-4,9-10H;3*1H3. The molecule has 0 fully saturated rings. The molecule has 0 amide bonds. The second-order valence-electron chi connectivity index (χ2n) is 28.7. The van der Waals surface area contributed by atoms with Crippen LogP contribution >= 0.6 is 107 Å². The number of nitrogen functional groups attached to an aromatic ring is 1. The molecule has 24 rings (SSSR count). The number of fused-ring (bicyclic) bond motifs is 21. The van der Waals surface area contributed by atoms with Crippen LogP contribution in [-0.2, 0) is 0 Å². The van der Waals surface area contributed by atoms with Crippen LogP contribution in [0, 0.1) is 0 Å². The number of anilines is 3. The average Bonchev–Trinajstić information content (AvgIpc) is 1.57. The van der Waals surface area contributed by atoms with Crippen molar-refractivity contribution in [2.45, 2.75) is 0 Å². The fourth-order valence-electron chi connectivity index (χ4n) is 16.1. The van der Waals surface area contributed by atoms with Crippen molar-refractivity contribution in [1.82, 2.24) is 13.7 Å². The van der Waals surface area contributed by atoms with E-state index in [0.29, 0.717) is 16.2 Å². The number of aromatic nitrogens is 3. The molecule has 19 heteroatoms. The van der Waals surface area contributed by atoms with Gasteiger partial charge in [0, 0.05) is 91.1 Å². The molecule has 124 heavy (non-hydrogen) atoms. The van der Waals surface area contributed by atoms with Gasteiger partial charge in [0.25, 0.3) is 0 Å². The number of nitrogens with two attached hydrogens (primary N) is 1. The fraction of sp³-hybridized carbons (Fsp3) is 0.0286. The van der Waals surface area contributed by atoms with E-state index in [9.17, 15) is 0 Å². The molecule has 608 valence electrons. The van der Waals surface area contributed by atoms with Gasteiger partial charge in [-0.2, -0.15) is 0 Å². The van der Waals surface area contributed by atoms with Gasteiger partial charge < -0.3 is 43.2 Å². The summed E-state index contributed by atoms with van der Waals surface area (Å²) in [5.41, 5.74) is 29.0. The van der Waals surface area contributed by atoms with Crippen molar-refractivity contribution in [3.63, 3.8) is 0 Å². The van der Waals surface area contributed by atoms with E-state index in [4.69, 9.17) is 61.1 Å².